The van der Waals surface area contributed by atoms with Crippen molar-refractivity contribution in [1.29, 1.82) is 0 Å². The van der Waals surface area contributed by atoms with Crippen LogP contribution in [0.1, 0.15) is 24.1 Å². The molecule has 0 radical (unpaired) electrons. The van der Waals surface area contributed by atoms with E-state index in [0.29, 0.717) is 18.2 Å². The second kappa shape index (κ2) is 12.0. The molecule has 0 fully saturated rings. The number of nitrogens with zero attached hydrogens (tertiary/aromatic N) is 2. The number of pyridine rings is 1. The molecule has 0 aliphatic rings. The topological polar surface area (TPSA) is 67.8 Å². The van der Waals surface area contributed by atoms with E-state index in [-0.39, 0.29) is 30.0 Å². The van der Waals surface area contributed by atoms with Crippen molar-refractivity contribution >= 4 is 29.9 Å². The Morgan fingerprint density at radius 2 is 1.80 bits per heavy atom. The first-order chi connectivity index (χ1) is 14.2. The predicted octanol–water partition coefficient (Wildman–Crippen LogP) is 4.93. The molecule has 3 aromatic rings. The van der Waals surface area contributed by atoms with E-state index in [4.69, 9.17) is 9.47 Å². The first-order valence-electron chi connectivity index (χ1n) is 9.47. The van der Waals surface area contributed by atoms with Crippen LogP contribution in [0.2, 0.25) is 0 Å². The average Bonchev–Trinajstić information content (AvgIpc) is 2.78. The lowest BCUT2D eigenvalue weighted by Gasteiger charge is -2.18. The third kappa shape index (κ3) is 6.91. The molecule has 6 nitrogen and oxygen atoms in total. The molecule has 0 aliphatic carbocycles. The van der Waals surface area contributed by atoms with Crippen LogP contribution in [0.5, 0.6) is 17.4 Å². The predicted molar refractivity (Wildman–Crippen MR) is 131 cm³/mol. The summed E-state index contributed by atoms with van der Waals surface area (Å²) in [5, 5.41) is 6.70. The number of methoxy groups -OCH3 is 1. The highest BCUT2D eigenvalue weighted by atomic mass is 127. The van der Waals surface area contributed by atoms with Crippen LogP contribution in [-0.2, 0) is 6.54 Å². The van der Waals surface area contributed by atoms with Crippen molar-refractivity contribution in [3.63, 3.8) is 0 Å². The summed E-state index contributed by atoms with van der Waals surface area (Å²) in [4.78, 5) is 8.67. The van der Waals surface area contributed by atoms with E-state index in [9.17, 15) is 0 Å². The van der Waals surface area contributed by atoms with Crippen LogP contribution >= 0.6 is 24.0 Å². The minimum Gasteiger partial charge on any atom is -0.497 e. The van der Waals surface area contributed by atoms with Crippen LogP contribution in [0.15, 0.2) is 77.9 Å². The van der Waals surface area contributed by atoms with Crippen LogP contribution in [0, 0.1) is 0 Å². The summed E-state index contributed by atoms with van der Waals surface area (Å²) in [5.41, 5.74) is 2.23. The van der Waals surface area contributed by atoms with Crippen LogP contribution in [-0.4, -0.2) is 25.1 Å². The highest BCUT2D eigenvalue weighted by Crippen LogP contribution is 2.23. The number of hydrogen-bond acceptors (Lipinski definition) is 4. The number of aliphatic imine (C=N–C) groups is 1. The standard InChI is InChI=1S/C23H26N4O2.HI/c1-17(19-8-5-4-6-9-19)27-23(24-2)26-16-18-12-13-22(25-15-18)29-21-11-7-10-20(14-21)28-3;/h4-15,17H,16H2,1-3H3,(H2,24,26,27);1H. The maximum absolute atomic E-state index is 5.78. The number of ether oxygens (including phenoxy) is 2. The number of benzene rings is 2. The molecular weight excluding hydrogens is 491 g/mol. The van der Waals surface area contributed by atoms with Gasteiger partial charge in [-0.15, -0.1) is 24.0 Å². The van der Waals surface area contributed by atoms with Gasteiger partial charge in [-0.25, -0.2) is 4.98 Å². The molecule has 158 valence electrons. The lowest BCUT2D eigenvalue weighted by atomic mass is 10.1. The van der Waals surface area contributed by atoms with Gasteiger partial charge in [0.15, 0.2) is 5.96 Å². The van der Waals surface area contributed by atoms with Gasteiger partial charge in [0.05, 0.1) is 13.2 Å². The molecule has 1 aromatic heterocycles. The summed E-state index contributed by atoms with van der Waals surface area (Å²) in [7, 11) is 3.39. The molecule has 0 saturated carbocycles. The molecule has 0 amide bonds. The Labute approximate surface area is 194 Å². The fourth-order valence-corrected chi connectivity index (χ4v) is 2.77. The number of nitrogens with one attached hydrogen (secondary N) is 2. The van der Waals surface area contributed by atoms with E-state index in [2.05, 4.69) is 39.7 Å². The second-order valence-corrected chi connectivity index (χ2v) is 6.49. The zero-order chi connectivity index (χ0) is 20.5. The van der Waals surface area contributed by atoms with Gasteiger partial charge >= 0.3 is 0 Å². The molecule has 1 unspecified atom stereocenters. The molecule has 2 aromatic carbocycles. The molecule has 1 heterocycles. The smallest absolute Gasteiger partial charge is 0.219 e. The van der Waals surface area contributed by atoms with Crippen molar-refractivity contribution in [2.75, 3.05) is 14.2 Å². The summed E-state index contributed by atoms with van der Waals surface area (Å²) in [5.74, 6) is 2.69. The third-order valence-electron chi connectivity index (χ3n) is 4.40. The Morgan fingerprint density at radius 1 is 1.03 bits per heavy atom. The number of rotatable bonds is 7. The van der Waals surface area contributed by atoms with E-state index in [1.165, 1.54) is 5.56 Å². The Bertz CT molecular complexity index is 933. The number of aromatic nitrogens is 1. The third-order valence-corrected chi connectivity index (χ3v) is 4.40. The molecule has 0 saturated heterocycles. The highest BCUT2D eigenvalue weighted by Gasteiger charge is 2.07. The van der Waals surface area contributed by atoms with E-state index < -0.39 is 0 Å². The van der Waals surface area contributed by atoms with Gasteiger partial charge in [-0.1, -0.05) is 42.5 Å². The molecule has 2 N–H and O–H groups in total. The van der Waals surface area contributed by atoms with E-state index >= 15 is 0 Å². The lowest BCUT2D eigenvalue weighted by Crippen LogP contribution is -2.38. The molecule has 0 spiro atoms. The van der Waals surface area contributed by atoms with Crippen molar-refractivity contribution in [1.82, 2.24) is 15.6 Å². The normalized spacial score (nSPS) is 11.8. The average molecular weight is 518 g/mol. The zero-order valence-corrected chi connectivity index (χ0v) is 19.7. The minimum atomic E-state index is 0. The largest absolute Gasteiger partial charge is 0.497 e. The zero-order valence-electron chi connectivity index (χ0n) is 17.3. The van der Waals surface area contributed by atoms with Crippen LogP contribution in [0.4, 0.5) is 0 Å². The first-order valence-corrected chi connectivity index (χ1v) is 9.47. The highest BCUT2D eigenvalue weighted by molar-refractivity contribution is 14.0. The van der Waals surface area contributed by atoms with Crippen LogP contribution < -0.4 is 20.1 Å². The number of halogens is 1. The van der Waals surface area contributed by atoms with Crippen molar-refractivity contribution in [2.45, 2.75) is 19.5 Å². The van der Waals surface area contributed by atoms with E-state index in [1.54, 1.807) is 20.4 Å². The summed E-state index contributed by atoms with van der Waals surface area (Å²) in [6.07, 6.45) is 1.79. The Morgan fingerprint density at radius 3 is 2.47 bits per heavy atom. The molecule has 3 rings (SSSR count). The van der Waals surface area contributed by atoms with Gasteiger partial charge in [0.25, 0.3) is 0 Å². The number of hydrogen-bond donors (Lipinski definition) is 2. The monoisotopic (exact) mass is 518 g/mol. The van der Waals surface area contributed by atoms with Crippen molar-refractivity contribution in [2.24, 2.45) is 4.99 Å². The molecule has 0 aliphatic heterocycles. The Kier molecular flexibility index (Phi) is 9.40. The molecule has 1 atom stereocenters. The van der Waals surface area contributed by atoms with E-state index in [0.717, 1.165) is 17.3 Å². The second-order valence-electron chi connectivity index (χ2n) is 6.49. The van der Waals surface area contributed by atoms with Gasteiger partial charge in [0.2, 0.25) is 5.88 Å². The van der Waals surface area contributed by atoms with Gasteiger partial charge in [-0.05, 0) is 30.2 Å². The van der Waals surface area contributed by atoms with Crippen LogP contribution in [0.3, 0.4) is 0 Å². The maximum atomic E-state index is 5.78. The van der Waals surface area contributed by atoms with Gasteiger partial charge < -0.3 is 20.1 Å². The van der Waals surface area contributed by atoms with Gasteiger partial charge in [-0.2, -0.15) is 0 Å². The SMILES string of the molecule is CN=C(NCc1ccc(Oc2cccc(OC)c2)nc1)NC(C)c1ccccc1.I. The summed E-state index contributed by atoms with van der Waals surface area (Å²) < 4.78 is 11.0. The van der Waals surface area contributed by atoms with Crippen molar-refractivity contribution in [3.8, 4) is 17.4 Å². The van der Waals surface area contributed by atoms with E-state index in [1.807, 2.05) is 54.6 Å². The molecular formula is C23H27IN4O2. The Balaban J connectivity index is 0.00000320. The van der Waals surface area contributed by atoms with Gasteiger partial charge in [0.1, 0.15) is 11.5 Å². The summed E-state index contributed by atoms with van der Waals surface area (Å²) in [6.45, 7) is 2.71. The van der Waals surface area contributed by atoms with Crippen molar-refractivity contribution < 1.29 is 9.47 Å². The van der Waals surface area contributed by atoms with Gasteiger partial charge in [-0.3, -0.25) is 4.99 Å². The fraction of sp³-hybridized carbons (Fsp3) is 0.217. The quantitative estimate of drug-likeness (QED) is 0.264. The maximum Gasteiger partial charge on any atom is 0.219 e. The Hall–Kier alpha value is -2.81. The molecule has 0 bridgehead atoms. The molecule has 30 heavy (non-hydrogen) atoms. The fourth-order valence-electron chi connectivity index (χ4n) is 2.77. The van der Waals surface area contributed by atoms with Gasteiger partial charge in [0, 0.05) is 31.9 Å². The summed E-state index contributed by atoms with van der Waals surface area (Å²) in [6, 6.07) is 21.7. The first kappa shape index (κ1) is 23.5. The van der Waals surface area contributed by atoms with Crippen molar-refractivity contribution in [3.05, 3.63) is 84.1 Å². The van der Waals surface area contributed by atoms with Crippen LogP contribution in [0.25, 0.3) is 0 Å². The number of guanidine groups is 1. The minimum absolute atomic E-state index is 0. The molecule has 7 heteroatoms. The summed E-state index contributed by atoms with van der Waals surface area (Å²) >= 11 is 0. The lowest BCUT2D eigenvalue weighted by molar-refractivity contribution is 0.407.